The summed E-state index contributed by atoms with van der Waals surface area (Å²) in [6.45, 7) is 4.23. The second-order valence-electron chi connectivity index (χ2n) is 5.85. The van der Waals surface area contributed by atoms with Gasteiger partial charge in [0.25, 0.3) is 0 Å². The van der Waals surface area contributed by atoms with Gasteiger partial charge in [-0.05, 0) is 31.0 Å². The van der Waals surface area contributed by atoms with Gasteiger partial charge in [-0.25, -0.2) is 4.98 Å². The molecule has 1 heterocycles. The average Bonchev–Trinajstić information content (AvgIpc) is 3.06. The van der Waals surface area contributed by atoms with Crippen molar-refractivity contribution in [1.82, 2.24) is 9.97 Å². The number of nitrogens with one attached hydrogen (secondary N) is 1. The molecule has 0 aliphatic heterocycles. The van der Waals surface area contributed by atoms with Crippen LogP contribution in [0.2, 0.25) is 0 Å². The van der Waals surface area contributed by atoms with E-state index < -0.39 is 0 Å². The van der Waals surface area contributed by atoms with Crippen LogP contribution in [0.4, 0.5) is 0 Å². The van der Waals surface area contributed by atoms with Crippen LogP contribution in [0, 0.1) is 5.92 Å². The fourth-order valence-electron chi connectivity index (χ4n) is 2.88. The number of aromatic nitrogens is 2. The third kappa shape index (κ3) is 2.29. The van der Waals surface area contributed by atoms with Crippen LogP contribution in [0.3, 0.4) is 0 Å². The normalized spacial score (nSPS) is 16.6. The van der Waals surface area contributed by atoms with E-state index >= 15 is 0 Å². The molecule has 1 aliphatic carbocycles. The van der Waals surface area contributed by atoms with Crippen LogP contribution < -0.4 is 0 Å². The molecular formula is C16H20N2O. The summed E-state index contributed by atoms with van der Waals surface area (Å²) < 4.78 is 0. The van der Waals surface area contributed by atoms with Crippen molar-refractivity contribution in [2.75, 3.05) is 0 Å². The first-order chi connectivity index (χ1) is 9.15. The fourth-order valence-corrected chi connectivity index (χ4v) is 2.88. The molecule has 0 unspecified atom stereocenters. The Morgan fingerprint density at radius 1 is 1.32 bits per heavy atom. The zero-order valence-electron chi connectivity index (χ0n) is 11.6. The molecule has 0 bridgehead atoms. The lowest BCUT2D eigenvalue weighted by Crippen LogP contribution is -2.10. The Hall–Kier alpha value is -1.64. The van der Waals surface area contributed by atoms with Gasteiger partial charge in [0.05, 0.1) is 11.0 Å². The van der Waals surface area contributed by atoms with Crippen LogP contribution >= 0.6 is 0 Å². The molecule has 0 saturated heterocycles. The van der Waals surface area contributed by atoms with E-state index in [4.69, 9.17) is 0 Å². The van der Waals surface area contributed by atoms with Gasteiger partial charge in [0.2, 0.25) is 0 Å². The lowest BCUT2D eigenvalue weighted by Gasteiger charge is -2.07. The van der Waals surface area contributed by atoms with Gasteiger partial charge in [0.1, 0.15) is 5.82 Å². The summed E-state index contributed by atoms with van der Waals surface area (Å²) in [5.41, 5.74) is 2.76. The second-order valence-corrected chi connectivity index (χ2v) is 5.85. The minimum Gasteiger partial charge on any atom is -0.342 e. The number of hydrogen-bond donors (Lipinski definition) is 1. The van der Waals surface area contributed by atoms with Crippen LogP contribution in [0.1, 0.15) is 61.6 Å². The monoisotopic (exact) mass is 256 g/mol. The smallest absolute Gasteiger partial charge is 0.166 e. The van der Waals surface area contributed by atoms with Crippen molar-refractivity contribution in [2.24, 2.45) is 5.92 Å². The zero-order chi connectivity index (χ0) is 13.4. The van der Waals surface area contributed by atoms with Crippen LogP contribution in [0.25, 0.3) is 11.0 Å². The number of Topliss-reactive ketones (excluding diaryl/α,β-unsaturated/α-hetero) is 1. The van der Waals surface area contributed by atoms with Gasteiger partial charge < -0.3 is 4.98 Å². The van der Waals surface area contributed by atoms with Gasteiger partial charge in [0.15, 0.2) is 5.78 Å². The Morgan fingerprint density at radius 3 is 2.74 bits per heavy atom. The fraction of sp³-hybridized carbons (Fsp3) is 0.500. The average molecular weight is 256 g/mol. The van der Waals surface area contributed by atoms with Crippen molar-refractivity contribution in [3.63, 3.8) is 0 Å². The molecular weight excluding hydrogens is 236 g/mol. The number of benzene rings is 1. The first-order valence-corrected chi connectivity index (χ1v) is 7.19. The number of imidazole rings is 1. The van der Waals surface area contributed by atoms with Gasteiger partial charge in [0, 0.05) is 17.4 Å². The molecule has 100 valence electrons. The van der Waals surface area contributed by atoms with Crippen molar-refractivity contribution < 1.29 is 4.79 Å². The molecule has 3 nitrogen and oxygen atoms in total. The summed E-state index contributed by atoms with van der Waals surface area (Å²) in [6, 6.07) is 5.85. The molecule has 0 radical (unpaired) electrons. The molecule has 3 rings (SSSR count). The van der Waals surface area contributed by atoms with E-state index in [1.165, 1.54) is 12.8 Å². The highest BCUT2D eigenvalue weighted by Gasteiger charge is 2.24. The molecule has 1 aromatic heterocycles. The largest absolute Gasteiger partial charge is 0.342 e. The quantitative estimate of drug-likeness (QED) is 0.842. The van der Waals surface area contributed by atoms with E-state index in [2.05, 4.69) is 23.8 Å². The summed E-state index contributed by atoms with van der Waals surface area (Å²) >= 11 is 0. The molecule has 0 spiro atoms. The Kier molecular flexibility index (Phi) is 3.13. The highest BCUT2D eigenvalue weighted by molar-refractivity contribution is 6.00. The SMILES string of the molecule is CC(C)c1nc2ccc(C(=O)C3CCCC3)cc2[nH]1. The van der Waals surface area contributed by atoms with Gasteiger partial charge in [-0.1, -0.05) is 26.7 Å². The number of aromatic amines is 1. The van der Waals surface area contributed by atoms with Crippen LogP contribution in [0.15, 0.2) is 18.2 Å². The highest BCUT2D eigenvalue weighted by Crippen LogP contribution is 2.29. The van der Waals surface area contributed by atoms with Crippen LogP contribution in [0.5, 0.6) is 0 Å². The first kappa shape index (κ1) is 12.4. The molecule has 1 saturated carbocycles. The summed E-state index contributed by atoms with van der Waals surface area (Å²) in [5.74, 6) is 1.91. The zero-order valence-corrected chi connectivity index (χ0v) is 11.6. The second kappa shape index (κ2) is 4.80. The van der Waals surface area contributed by atoms with Crippen LogP contribution in [-0.2, 0) is 0 Å². The number of H-pyrrole nitrogens is 1. The van der Waals surface area contributed by atoms with Crippen molar-refractivity contribution >= 4 is 16.8 Å². The highest BCUT2D eigenvalue weighted by atomic mass is 16.1. The standard InChI is InChI=1S/C16H20N2O/c1-10(2)16-17-13-8-7-12(9-14(13)18-16)15(19)11-5-3-4-6-11/h7-11H,3-6H2,1-2H3,(H,17,18). The molecule has 1 aliphatic rings. The molecule has 2 aromatic rings. The maximum absolute atomic E-state index is 12.4. The number of rotatable bonds is 3. The predicted molar refractivity (Wildman–Crippen MR) is 76.5 cm³/mol. The van der Waals surface area contributed by atoms with Gasteiger partial charge in [-0.15, -0.1) is 0 Å². The number of hydrogen-bond acceptors (Lipinski definition) is 2. The summed E-state index contributed by atoms with van der Waals surface area (Å²) in [5, 5.41) is 0. The van der Waals surface area contributed by atoms with Gasteiger partial charge >= 0.3 is 0 Å². The van der Waals surface area contributed by atoms with Crippen molar-refractivity contribution in [1.29, 1.82) is 0 Å². The van der Waals surface area contributed by atoms with Gasteiger partial charge in [-0.2, -0.15) is 0 Å². The Morgan fingerprint density at radius 2 is 2.05 bits per heavy atom. The van der Waals surface area contributed by atoms with E-state index in [0.717, 1.165) is 35.3 Å². The Labute approximate surface area is 113 Å². The summed E-state index contributed by atoms with van der Waals surface area (Å²) in [4.78, 5) is 20.3. The number of fused-ring (bicyclic) bond motifs is 1. The Balaban J connectivity index is 1.94. The molecule has 3 heteroatoms. The van der Waals surface area contributed by atoms with Crippen LogP contribution in [-0.4, -0.2) is 15.8 Å². The molecule has 0 atom stereocenters. The van der Waals surface area contributed by atoms with Crippen molar-refractivity contribution in [3.05, 3.63) is 29.6 Å². The maximum Gasteiger partial charge on any atom is 0.166 e. The minimum atomic E-state index is 0.241. The molecule has 19 heavy (non-hydrogen) atoms. The van der Waals surface area contributed by atoms with E-state index in [1.807, 2.05) is 18.2 Å². The van der Waals surface area contributed by atoms with Crippen molar-refractivity contribution in [3.8, 4) is 0 Å². The third-order valence-electron chi connectivity index (χ3n) is 4.06. The third-order valence-corrected chi connectivity index (χ3v) is 4.06. The Bertz CT molecular complexity index is 606. The number of carbonyl (C=O) groups excluding carboxylic acids is 1. The topological polar surface area (TPSA) is 45.8 Å². The van der Waals surface area contributed by atoms with E-state index in [-0.39, 0.29) is 5.92 Å². The molecule has 1 aromatic carbocycles. The molecule has 0 amide bonds. The molecule has 1 fully saturated rings. The van der Waals surface area contributed by atoms with Crippen molar-refractivity contribution in [2.45, 2.75) is 45.4 Å². The number of nitrogens with zero attached hydrogens (tertiary/aromatic N) is 1. The number of carbonyl (C=O) groups is 1. The molecule has 1 N–H and O–H groups in total. The van der Waals surface area contributed by atoms with E-state index in [9.17, 15) is 4.79 Å². The van der Waals surface area contributed by atoms with Gasteiger partial charge in [-0.3, -0.25) is 4.79 Å². The summed E-state index contributed by atoms with van der Waals surface area (Å²) in [6.07, 6.45) is 4.49. The lowest BCUT2D eigenvalue weighted by atomic mass is 9.96. The summed E-state index contributed by atoms with van der Waals surface area (Å²) in [7, 11) is 0. The first-order valence-electron chi connectivity index (χ1n) is 7.19. The van der Waals surface area contributed by atoms with E-state index in [0.29, 0.717) is 11.7 Å². The van der Waals surface area contributed by atoms with E-state index in [1.54, 1.807) is 0 Å². The number of ketones is 1. The minimum absolute atomic E-state index is 0.241. The predicted octanol–water partition coefficient (Wildman–Crippen LogP) is 4.06. The lowest BCUT2D eigenvalue weighted by molar-refractivity contribution is 0.0923. The maximum atomic E-state index is 12.4.